The van der Waals surface area contributed by atoms with Gasteiger partial charge in [0.1, 0.15) is 0 Å². The molecule has 0 saturated heterocycles. The minimum atomic E-state index is -0.342. The van der Waals surface area contributed by atoms with Crippen molar-refractivity contribution >= 4 is 94.8 Å². The van der Waals surface area contributed by atoms with Crippen LogP contribution in [0.4, 0.5) is 45.5 Å². The number of nitrogens with zero attached hydrogens (tertiary/aromatic N) is 3. The van der Waals surface area contributed by atoms with Gasteiger partial charge in [0, 0.05) is 76.5 Å². The van der Waals surface area contributed by atoms with Gasteiger partial charge < -0.3 is 14.6 Å². The Morgan fingerprint density at radius 1 is 0.405 bits per heavy atom. The third-order valence-corrected chi connectivity index (χ3v) is 19.9. The molecule has 0 bridgehead atoms. The summed E-state index contributed by atoms with van der Waals surface area (Å²) in [6, 6.07) is 79.9. The molecule has 84 heavy (non-hydrogen) atoms. The van der Waals surface area contributed by atoms with Crippen LogP contribution in [0, 0.1) is 0 Å². The fraction of sp³-hybridized carbons (Fsp3) is 0.241. The van der Waals surface area contributed by atoms with Crippen LogP contribution in [0.3, 0.4) is 0 Å². The monoisotopic (exact) mass is 1110 g/mol. The molecule has 0 amide bonds. The minimum absolute atomic E-state index is 0.0133. The molecule has 3 nitrogen and oxygen atoms in total. The maximum absolute atomic E-state index is 2.75. The molecule has 0 unspecified atom stereocenters. The molecule has 0 fully saturated rings. The predicted molar refractivity (Wildman–Crippen MR) is 366 cm³/mol. The van der Waals surface area contributed by atoms with Crippen LogP contribution in [-0.2, 0) is 27.1 Å². The molecule has 3 heterocycles. The Kier molecular flexibility index (Phi) is 12.1. The highest BCUT2D eigenvalue weighted by Crippen LogP contribution is 2.60. The van der Waals surface area contributed by atoms with Gasteiger partial charge in [-0.3, -0.25) is 0 Å². The number of hydrogen-bond acceptors (Lipinski definition) is 4. The zero-order valence-electron chi connectivity index (χ0n) is 51.5. The predicted octanol–water partition coefficient (Wildman–Crippen LogP) is 21.4. The molecule has 0 atom stereocenters. The number of anilines is 8. The number of rotatable bonds is 6. The highest BCUT2D eigenvalue weighted by atomic mass is 32.1. The van der Waals surface area contributed by atoms with Crippen molar-refractivity contribution in [1.82, 2.24) is 0 Å². The zero-order chi connectivity index (χ0) is 58.6. The molecule has 5 heteroatoms. The SMILES string of the molecule is CC(C)(C)c1ccc(N2B3c4c(cc5c(c4N(c4ccc(C(C)(C)C)cc4-c4ccccc4)c4ccc6c(sc7ccccc76)c43)C(C)(C)c3ccccc3-5)-c3ccc(N(c4ccc(C(C)(C)C)cc4)c4ccc(C(C)(C)C)cc4)cc32)cc1. The van der Waals surface area contributed by atoms with Crippen LogP contribution in [0.5, 0.6) is 0 Å². The van der Waals surface area contributed by atoms with E-state index >= 15 is 0 Å². The highest BCUT2D eigenvalue weighted by molar-refractivity contribution is 7.27. The Labute approximate surface area is 503 Å². The molecule has 3 aliphatic rings. The fourth-order valence-corrected chi connectivity index (χ4v) is 15.3. The first-order valence-corrected chi connectivity index (χ1v) is 31.1. The molecule has 416 valence electrons. The lowest BCUT2D eigenvalue weighted by atomic mass is 9.42. The topological polar surface area (TPSA) is 9.72 Å². The van der Waals surface area contributed by atoms with Gasteiger partial charge in [0.15, 0.2) is 0 Å². The van der Waals surface area contributed by atoms with Crippen LogP contribution in [0.2, 0.25) is 0 Å². The molecule has 0 saturated carbocycles. The zero-order valence-corrected chi connectivity index (χ0v) is 52.3. The Hall–Kier alpha value is -8.12. The van der Waals surface area contributed by atoms with E-state index in [1.54, 1.807) is 0 Å². The number of thiophene rings is 1. The summed E-state index contributed by atoms with van der Waals surface area (Å²) in [5.41, 5.74) is 27.2. The Balaban J connectivity index is 1.14. The summed E-state index contributed by atoms with van der Waals surface area (Å²) in [6.45, 7) is 32.5. The molecule has 14 rings (SSSR count). The first-order chi connectivity index (χ1) is 40.0. The van der Waals surface area contributed by atoms with E-state index in [2.05, 4.69) is 318 Å². The first-order valence-electron chi connectivity index (χ1n) is 30.3. The third kappa shape index (κ3) is 8.50. The highest BCUT2D eigenvalue weighted by Gasteiger charge is 2.51. The average Bonchev–Trinajstić information content (AvgIpc) is 1.24. The van der Waals surface area contributed by atoms with Crippen molar-refractivity contribution in [3.63, 3.8) is 0 Å². The fourth-order valence-electron chi connectivity index (χ4n) is 14.0. The van der Waals surface area contributed by atoms with E-state index in [0.717, 1.165) is 17.1 Å². The molecule has 1 aromatic heterocycles. The van der Waals surface area contributed by atoms with Gasteiger partial charge in [-0.1, -0.05) is 224 Å². The first kappa shape index (κ1) is 53.9. The van der Waals surface area contributed by atoms with Gasteiger partial charge in [-0.25, -0.2) is 0 Å². The largest absolute Gasteiger partial charge is 0.376 e. The van der Waals surface area contributed by atoms with Crippen molar-refractivity contribution in [3.05, 3.63) is 240 Å². The second kappa shape index (κ2) is 18.9. The van der Waals surface area contributed by atoms with E-state index in [9.17, 15) is 0 Å². The van der Waals surface area contributed by atoms with Crippen molar-refractivity contribution in [2.24, 2.45) is 0 Å². The average molecular weight is 1110 g/mol. The van der Waals surface area contributed by atoms with E-state index in [1.807, 2.05) is 11.3 Å². The summed E-state index contributed by atoms with van der Waals surface area (Å²) in [7, 11) is 0. The Bertz CT molecular complexity index is 4370. The summed E-state index contributed by atoms with van der Waals surface area (Å²) in [4.78, 5) is 7.97. The van der Waals surface area contributed by atoms with Crippen molar-refractivity contribution in [2.45, 2.75) is 124 Å². The van der Waals surface area contributed by atoms with Crippen molar-refractivity contribution in [1.29, 1.82) is 0 Å². The van der Waals surface area contributed by atoms with E-state index in [1.165, 1.54) is 126 Å². The van der Waals surface area contributed by atoms with Crippen LogP contribution < -0.4 is 25.5 Å². The summed E-state index contributed by atoms with van der Waals surface area (Å²) in [6.07, 6.45) is 0. The van der Waals surface area contributed by atoms with E-state index in [-0.39, 0.29) is 33.9 Å². The minimum Gasteiger partial charge on any atom is -0.376 e. The lowest BCUT2D eigenvalue weighted by molar-refractivity contribution is 0.590. The van der Waals surface area contributed by atoms with Crippen LogP contribution in [-0.4, -0.2) is 6.85 Å². The molecule has 0 radical (unpaired) electrons. The van der Waals surface area contributed by atoms with Gasteiger partial charge in [0.05, 0.1) is 5.69 Å². The van der Waals surface area contributed by atoms with E-state index < -0.39 is 0 Å². The smallest absolute Gasteiger partial charge is 0.334 e. The van der Waals surface area contributed by atoms with Crippen LogP contribution >= 0.6 is 11.3 Å². The van der Waals surface area contributed by atoms with E-state index in [0.29, 0.717) is 0 Å². The standard InChI is InChI=1S/C79H76BN3S/c1-75(2,3)50-28-35-54(36-29-50)81(55-37-30-51(31-38-55)76(4,5)6)57-41-42-59-64-48-63-58-24-18-20-26-65(58)79(13,14)70(63)73-71(64)80(83(68(59)47-57)56-39-32-52(33-40-56)77(7,8)9)72-67(45-43-61-60-25-19-21-27-69(60)84-74(61)72)82(73)66-44-34-53(78(10,11)12)46-62(66)49-22-16-15-17-23-49/h15-48H,1-14H3. The third-order valence-electron chi connectivity index (χ3n) is 18.7. The van der Waals surface area contributed by atoms with Crippen LogP contribution in [0.25, 0.3) is 53.6 Å². The number of hydrogen-bond donors (Lipinski definition) is 0. The Morgan fingerprint density at radius 3 is 1.58 bits per heavy atom. The van der Waals surface area contributed by atoms with Crippen molar-refractivity contribution in [3.8, 4) is 33.4 Å². The lowest BCUT2D eigenvalue weighted by Gasteiger charge is -2.48. The summed E-state index contributed by atoms with van der Waals surface area (Å²) in [5.74, 6) is 0. The normalized spacial score (nSPS) is 14.3. The summed E-state index contributed by atoms with van der Waals surface area (Å²) in [5, 5.41) is 2.60. The lowest BCUT2D eigenvalue weighted by Crippen LogP contribution is -2.62. The molecule has 10 aromatic carbocycles. The quantitative estimate of drug-likeness (QED) is 0.154. The van der Waals surface area contributed by atoms with Gasteiger partial charge in [0.25, 0.3) is 0 Å². The Morgan fingerprint density at radius 2 is 0.952 bits per heavy atom. The molecule has 0 N–H and O–H groups in total. The van der Waals surface area contributed by atoms with Crippen molar-refractivity contribution < 1.29 is 0 Å². The summed E-state index contributed by atoms with van der Waals surface area (Å²) < 4.78 is 2.63. The molecule has 11 aromatic rings. The second-order valence-corrected chi connectivity index (χ2v) is 29.7. The van der Waals surface area contributed by atoms with Gasteiger partial charge in [-0.05, 0) is 167 Å². The van der Waals surface area contributed by atoms with Crippen molar-refractivity contribution in [2.75, 3.05) is 14.6 Å². The molecule has 1 aliphatic carbocycles. The second-order valence-electron chi connectivity index (χ2n) is 28.6. The molecule has 0 spiro atoms. The van der Waals surface area contributed by atoms with Gasteiger partial charge in [-0.15, -0.1) is 11.3 Å². The maximum Gasteiger partial charge on any atom is 0.334 e. The number of fused-ring (bicyclic) bond motifs is 12. The van der Waals surface area contributed by atoms with Crippen LogP contribution in [0.15, 0.2) is 206 Å². The van der Waals surface area contributed by atoms with Gasteiger partial charge >= 0.3 is 6.85 Å². The summed E-state index contributed by atoms with van der Waals surface area (Å²) >= 11 is 1.95. The van der Waals surface area contributed by atoms with E-state index in [4.69, 9.17) is 0 Å². The molecular formula is C79H76BN3S. The number of benzene rings is 10. The van der Waals surface area contributed by atoms with Gasteiger partial charge in [0.2, 0.25) is 0 Å². The van der Waals surface area contributed by atoms with Gasteiger partial charge in [-0.2, -0.15) is 0 Å². The maximum atomic E-state index is 2.75. The molecular weight excluding hydrogens is 1030 g/mol. The molecule has 2 aliphatic heterocycles. The van der Waals surface area contributed by atoms with Crippen LogP contribution in [0.1, 0.15) is 130 Å².